The number of benzene rings is 1. The van der Waals surface area contributed by atoms with Crippen LogP contribution in [-0.2, 0) is 0 Å². The molecule has 2 rings (SSSR count). The van der Waals surface area contributed by atoms with Gasteiger partial charge in [-0.3, -0.25) is 0 Å². The molecule has 1 aromatic rings. The van der Waals surface area contributed by atoms with Crippen molar-refractivity contribution >= 4 is 27.5 Å². The molecule has 0 atom stereocenters. The molecule has 19 heavy (non-hydrogen) atoms. The Morgan fingerprint density at radius 2 is 2.32 bits per heavy atom. The van der Waals surface area contributed by atoms with E-state index in [1.54, 1.807) is 7.11 Å². The molecule has 1 saturated carbocycles. The Balaban J connectivity index is 1.94. The molecule has 0 heterocycles. The number of nitrogens with two attached hydrogens (primary N) is 1. The highest BCUT2D eigenvalue weighted by Gasteiger charge is 2.43. The van der Waals surface area contributed by atoms with Gasteiger partial charge < -0.3 is 21.0 Å². The van der Waals surface area contributed by atoms with Crippen molar-refractivity contribution in [2.75, 3.05) is 19.0 Å². The van der Waals surface area contributed by atoms with Gasteiger partial charge in [-0.15, -0.1) is 0 Å². The zero-order chi connectivity index (χ0) is 13.9. The lowest BCUT2D eigenvalue weighted by Crippen LogP contribution is -2.23. The standard InChI is InChI=1S/C13H18BrN3O2/c1-19-11-3-2-9(6-10(11)14)16-8-13(4-5-13)7-12(15)17-18/h2-3,6,16,18H,4-5,7-8H2,1H3,(H2,15,17). The number of rotatable bonds is 6. The topological polar surface area (TPSA) is 79.9 Å². The highest BCUT2D eigenvalue weighted by molar-refractivity contribution is 9.10. The third-order valence-electron chi connectivity index (χ3n) is 3.46. The monoisotopic (exact) mass is 327 g/mol. The summed E-state index contributed by atoms with van der Waals surface area (Å²) < 4.78 is 6.11. The van der Waals surface area contributed by atoms with E-state index in [4.69, 9.17) is 15.7 Å². The first-order valence-corrected chi connectivity index (χ1v) is 6.92. The van der Waals surface area contributed by atoms with E-state index in [-0.39, 0.29) is 5.41 Å². The fraction of sp³-hybridized carbons (Fsp3) is 0.462. The van der Waals surface area contributed by atoms with Crippen LogP contribution >= 0.6 is 15.9 Å². The molecule has 0 aromatic heterocycles. The SMILES string of the molecule is COc1ccc(NCC2(CC(N)=NO)CC2)cc1Br. The number of oxime groups is 1. The Labute approximate surface area is 120 Å². The summed E-state index contributed by atoms with van der Waals surface area (Å²) in [6, 6.07) is 5.87. The van der Waals surface area contributed by atoms with Crippen LogP contribution < -0.4 is 15.8 Å². The van der Waals surface area contributed by atoms with Crippen molar-refractivity contribution in [3.05, 3.63) is 22.7 Å². The van der Waals surface area contributed by atoms with Crippen molar-refractivity contribution in [1.82, 2.24) is 0 Å². The summed E-state index contributed by atoms with van der Waals surface area (Å²) in [7, 11) is 1.64. The van der Waals surface area contributed by atoms with Crippen molar-refractivity contribution < 1.29 is 9.94 Å². The number of anilines is 1. The summed E-state index contributed by atoms with van der Waals surface area (Å²) in [6.07, 6.45) is 2.84. The molecule has 1 fully saturated rings. The Hall–Kier alpha value is -1.43. The lowest BCUT2D eigenvalue weighted by atomic mass is 10.0. The zero-order valence-corrected chi connectivity index (χ0v) is 12.4. The Morgan fingerprint density at radius 1 is 1.58 bits per heavy atom. The molecule has 0 amide bonds. The van der Waals surface area contributed by atoms with E-state index in [2.05, 4.69) is 26.4 Å². The van der Waals surface area contributed by atoms with E-state index >= 15 is 0 Å². The van der Waals surface area contributed by atoms with E-state index in [1.807, 2.05) is 18.2 Å². The predicted molar refractivity (Wildman–Crippen MR) is 78.9 cm³/mol. The smallest absolute Gasteiger partial charge is 0.139 e. The van der Waals surface area contributed by atoms with Crippen LogP contribution in [0.25, 0.3) is 0 Å². The number of ether oxygens (including phenoxy) is 1. The number of hydrogen-bond acceptors (Lipinski definition) is 4. The summed E-state index contributed by atoms with van der Waals surface area (Å²) in [5.74, 6) is 1.11. The molecular formula is C13H18BrN3O2. The summed E-state index contributed by atoms with van der Waals surface area (Å²) in [5.41, 5.74) is 6.75. The second kappa shape index (κ2) is 5.69. The summed E-state index contributed by atoms with van der Waals surface area (Å²) in [4.78, 5) is 0. The third kappa shape index (κ3) is 3.53. The van der Waals surface area contributed by atoms with Crippen molar-refractivity contribution in [2.45, 2.75) is 19.3 Å². The van der Waals surface area contributed by atoms with Gasteiger partial charge in [-0.25, -0.2) is 0 Å². The molecule has 1 aliphatic rings. The van der Waals surface area contributed by atoms with E-state index in [0.717, 1.165) is 35.3 Å². The molecule has 0 saturated heterocycles. The zero-order valence-electron chi connectivity index (χ0n) is 10.8. The first-order chi connectivity index (χ1) is 9.08. The summed E-state index contributed by atoms with van der Waals surface area (Å²) in [5, 5.41) is 15.1. The van der Waals surface area contributed by atoms with Gasteiger partial charge in [-0.1, -0.05) is 5.16 Å². The molecule has 104 valence electrons. The van der Waals surface area contributed by atoms with Gasteiger partial charge in [0.1, 0.15) is 11.6 Å². The van der Waals surface area contributed by atoms with Gasteiger partial charge in [0.05, 0.1) is 11.6 Å². The van der Waals surface area contributed by atoms with Gasteiger partial charge in [0.2, 0.25) is 0 Å². The van der Waals surface area contributed by atoms with Gasteiger partial charge >= 0.3 is 0 Å². The molecule has 0 bridgehead atoms. The number of nitrogens with one attached hydrogen (secondary N) is 1. The molecular weight excluding hydrogens is 310 g/mol. The number of halogens is 1. The highest BCUT2D eigenvalue weighted by atomic mass is 79.9. The molecule has 5 nitrogen and oxygen atoms in total. The van der Waals surface area contributed by atoms with Crippen LogP contribution in [0.3, 0.4) is 0 Å². The Kier molecular flexibility index (Phi) is 4.19. The minimum absolute atomic E-state index is 0.142. The quantitative estimate of drug-likeness (QED) is 0.325. The Bertz CT molecular complexity index is 487. The molecule has 0 spiro atoms. The van der Waals surface area contributed by atoms with E-state index in [0.29, 0.717) is 12.3 Å². The van der Waals surface area contributed by atoms with Crippen molar-refractivity contribution in [1.29, 1.82) is 0 Å². The van der Waals surface area contributed by atoms with Gasteiger partial charge in [-0.2, -0.15) is 0 Å². The molecule has 4 N–H and O–H groups in total. The number of nitrogens with zero attached hydrogens (tertiary/aromatic N) is 1. The number of hydrogen-bond donors (Lipinski definition) is 3. The average molecular weight is 328 g/mol. The van der Waals surface area contributed by atoms with E-state index < -0.39 is 0 Å². The van der Waals surface area contributed by atoms with Crippen LogP contribution in [-0.4, -0.2) is 24.7 Å². The van der Waals surface area contributed by atoms with Crippen molar-refractivity contribution in [3.63, 3.8) is 0 Å². The highest BCUT2D eigenvalue weighted by Crippen LogP contribution is 2.48. The van der Waals surface area contributed by atoms with Gasteiger partial charge in [0.25, 0.3) is 0 Å². The number of amidine groups is 1. The molecule has 1 aliphatic carbocycles. The van der Waals surface area contributed by atoms with E-state index in [1.165, 1.54) is 0 Å². The van der Waals surface area contributed by atoms with Gasteiger partial charge in [0, 0.05) is 18.7 Å². The fourth-order valence-corrected chi connectivity index (χ4v) is 2.62. The molecule has 0 radical (unpaired) electrons. The fourth-order valence-electron chi connectivity index (χ4n) is 2.08. The average Bonchev–Trinajstić information content (AvgIpc) is 3.16. The van der Waals surface area contributed by atoms with Crippen LogP contribution in [0.15, 0.2) is 27.8 Å². The van der Waals surface area contributed by atoms with Crippen molar-refractivity contribution in [3.8, 4) is 5.75 Å². The number of methoxy groups -OCH3 is 1. The molecule has 0 aliphatic heterocycles. The lowest BCUT2D eigenvalue weighted by molar-refractivity contribution is 0.315. The van der Waals surface area contributed by atoms with Crippen LogP contribution in [0.5, 0.6) is 5.75 Å². The lowest BCUT2D eigenvalue weighted by Gasteiger charge is -2.16. The Morgan fingerprint density at radius 3 is 2.84 bits per heavy atom. The maximum absolute atomic E-state index is 8.63. The van der Waals surface area contributed by atoms with Gasteiger partial charge in [-0.05, 0) is 52.4 Å². The second-order valence-electron chi connectivity index (χ2n) is 4.97. The third-order valence-corrected chi connectivity index (χ3v) is 4.08. The maximum atomic E-state index is 8.63. The summed E-state index contributed by atoms with van der Waals surface area (Å²) >= 11 is 3.46. The molecule has 0 unspecified atom stereocenters. The molecule has 1 aromatic carbocycles. The minimum atomic E-state index is 0.142. The van der Waals surface area contributed by atoms with Crippen LogP contribution in [0.4, 0.5) is 5.69 Å². The molecule has 6 heteroatoms. The first-order valence-electron chi connectivity index (χ1n) is 6.12. The normalized spacial score (nSPS) is 17.1. The van der Waals surface area contributed by atoms with Gasteiger partial charge in [0.15, 0.2) is 0 Å². The predicted octanol–water partition coefficient (Wildman–Crippen LogP) is 2.79. The van der Waals surface area contributed by atoms with Crippen LogP contribution in [0.2, 0.25) is 0 Å². The van der Waals surface area contributed by atoms with Crippen molar-refractivity contribution in [2.24, 2.45) is 16.3 Å². The van der Waals surface area contributed by atoms with Crippen LogP contribution in [0.1, 0.15) is 19.3 Å². The first kappa shape index (κ1) is 14.0. The van der Waals surface area contributed by atoms with E-state index in [9.17, 15) is 0 Å². The minimum Gasteiger partial charge on any atom is -0.496 e. The second-order valence-corrected chi connectivity index (χ2v) is 5.83. The van der Waals surface area contributed by atoms with Crippen LogP contribution in [0, 0.1) is 5.41 Å². The summed E-state index contributed by atoms with van der Waals surface area (Å²) in [6.45, 7) is 0.821. The maximum Gasteiger partial charge on any atom is 0.139 e. The largest absolute Gasteiger partial charge is 0.496 e.